The van der Waals surface area contributed by atoms with Gasteiger partial charge in [-0.05, 0) is 43.7 Å². The van der Waals surface area contributed by atoms with E-state index in [1.54, 1.807) is 23.5 Å². The van der Waals surface area contributed by atoms with E-state index in [2.05, 4.69) is 35.0 Å². The minimum atomic E-state index is 0.389. The van der Waals surface area contributed by atoms with Crippen LogP contribution in [0.3, 0.4) is 0 Å². The van der Waals surface area contributed by atoms with Gasteiger partial charge in [0.15, 0.2) is 11.5 Å². The van der Waals surface area contributed by atoms with Crippen molar-refractivity contribution in [3.8, 4) is 39.7 Å². The predicted octanol–water partition coefficient (Wildman–Crippen LogP) is 7.37. The number of benzene rings is 1. The first kappa shape index (κ1) is 22.6. The van der Waals surface area contributed by atoms with Crippen LogP contribution in [0.25, 0.3) is 27.8 Å². The molecule has 1 aromatic carbocycles. The van der Waals surface area contributed by atoms with Crippen LogP contribution in [0.1, 0.15) is 49.4 Å². The predicted molar refractivity (Wildman–Crippen MR) is 131 cm³/mol. The Labute approximate surface area is 201 Å². The summed E-state index contributed by atoms with van der Waals surface area (Å²) in [6.45, 7) is 6.15. The zero-order chi connectivity index (χ0) is 22.7. The molecule has 32 heavy (non-hydrogen) atoms. The van der Waals surface area contributed by atoms with E-state index < -0.39 is 0 Å². The zero-order valence-corrected chi connectivity index (χ0v) is 20.4. The van der Waals surface area contributed by atoms with Crippen molar-refractivity contribution >= 4 is 34.5 Å². The van der Waals surface area contributed by atoms with E-state index in [0.29, 0.717) is 33.9 Å². The fraction of sp³-hybridized carbons (Fsp3) is 0.292. The highest BCUT2D eigenvalue weighted by Gasteiger charge is 2.24. The molecule has 0 spiro atoms. The third kappa shape index (κ3) is 4.61. The summed E-state index contributed by atoms with van der Waals surface area (Å²) in [7, 11) is 0. The van der Waals surface area contributed by atoms with E-state index in [4.69, 9.17) is 32.8 Å². The molecular formula is C24H22Cl2N4OS. The minimum Gasteiger partial charge on any atom is -0.332 e. The largest absolute Gasteiger partial charge is 0.332 e. The van der Waals surface area contributed by atoms with Gasteiger partial charge in [-0.3, -0.25) is 0 Å². The van der Waals surface area contributed by atoms with Gasteiger partial charge >= 0.3 is 0 Å². The van der Waals surface area contributed by atoms with Gasteiger partial charge in [-0.1, -0.05) is 60.5 Å². The van der Waals surface area contributed by atoms with Crippen LogP contribution >= 0.6 is 34.5 Å². The SMILES string of the molecule is CCCCC#Cc1ccc(-c2c(C)c(-c3nc(CC)no3)nn2-c2ccc(Cl)cc2Cl)s1. The van der Waals surface area contributed by atoms with Crippen molar-refractivity contribution in [2.75, 3.05) is 0 Å². The standard InChI is InChI=1S/C24H22Cl2N4OS/c1-4-6-7-8-9-17-11-13-20(32-17)23-15(3)22(24-27-21(5-2)29-31-24)28-30(23)19-12-10-16(25)14-18(19)26/h10-14H,4-7H2,1-3H3. The molecule has 0 unspecified atom stereocenters. The van der Waals surface area contributed by atoms with Crippen LogP contribution in [-0.4, -0.2) is 19.9 Å². The number of halogens is 2. The number of rotatable bonds is 6. The Morgan fingerprint density at radius 1 is 1.16 bits per heavy atom. The van der Waals surface area contributed by atoms with Crippen molar-refractivity contribution in [2.45, 2.75) is 46.5 Å². The smallest absolute Gasteiger partial charge is 0.278 e. The van der Waals surface area contributed by atoms with E-state index in [0.717, 1.165) is 46.0 Å². The number of nitrogens with zero attached hydrogens (tertiary/aromatic N) is 4. The maximum atomic E-state index is 6.55. The first-order chi connectivity index (χ1) is 15.5. The monoisotopic (exact) mass is 484 g/mol. The van der Waals surface area contributed by atoms with Crippen LogP contribution < -0.4 is 0 Å². The molecule has 0 N–H and O–H groups in total. The number of hydrogen-bond acceptors (Lipinski definition) is 5. The molecule has 4 rings (SSSR count). The van der Waals surface area contributed by atoms with Crippen molar-refractivity contribution in [3.05, 3.63) is 56.6 Å². The number of thiophene rings is 1. The quantitative estimate of drug-likeness (QED) is 0.211. The molecule has 0 fully saturated rings. The van der Waals surface area contributed by atoms with E-state index >= 15 is 0 Å². The summed E-state index contributed by atoms with van der Waals surface area (Å²) in [6.07, 6.45) is 3.84. The van der Waals surface area contributed by atoms with Gasteiger partial charge in [-0.2, -0.15) is 10.1 Å². The van der Waals surface area contributed by atoms with Gasteiger partial charge in [-0.25, -0.2) is 4.68 Å². The zero-order valence-electron chi connectivity index (χ0n) is 18.1. The molecule has 0 amide bonds. The minimum absolute atomic E-state index is 0.389. The summed E-state index contributed by atoms with van der Waals surface area (Å²) in [4.78, 5) is 6.52. The highest BCUT2D eigenvalue weighted by molar-refractivity contribution is 7.16. The molecule has 4 aromatic rings. The van der Waals surface area contributed by atoms with Crippen LogP contribution in [0.2, 0.25) is 10.0 Å². The Kier molecular flexibility index (Phi) is 7.00. The van der Waals surface area contributed by atoms with Crippen LogP contribution in [0.4, 0.5) is 0 Å². The Balaban J connectivity index is 1.84. The van der Waals surface area contributed by atoms with E-state index in [1.165, 1.54) is 0 Å². The van der Waals surface area contributed by atoms with E-state index in [9.17, 15) is 0 Å². The van der Waals surface area contributed by atoms with E-state index in [1.807, 2.05) is 30.7 Å². The Morgan fingerprint density at radius 3 is 2.72 bits per heavy atom. The molecule has 0 bridgehead atoms. The highest BCUT2D eigenvalue weighted by Crippen LogP contribution is 2.38. The molecule has 8 heteroatoms. The molecule has 3 aromatic heterocycles. The second-order valence-electron chi connectivity index (χ2n) is 7.27. The van der Waals surface area contributed by atoms with Gasteiger partial charge in [0.2, 0.25) is 0 Å². The lowest BCUT2D eigenvalue weighted by Gasteiger charge is -2.09. The van der Waals surface area contributed by atoms with Crippen LogP contribution in [0, 0.1) is 18.8 Å². The average molecular weight is 485 g/mol. The summed E-state index contributed by atoms with van der Waals surface area (Å²) in [6, 6.07) is 9.47. The summed E-state index contributed by atoms with van der Waals surface area (Å²) < 4.78 is 7.30. The molecule has 0 aliphatic rings. The lowest BCUT2D eigenvalue weighted by Crippen LogP contribution is -2.00. The summed E-state index contributed by atoms with van der Waals surface area (Å²) in [5.74, 6) is 7.55. The molecule has 0 saturated carbocycles. The van der Waals surface area contributed by atoms with Crippen LogP contribution in [0.5, 0.6) is 0 Å². The summed E-state index contributed by atoms with van der Waals surface area (Å²) in [5.41, 5.74) is 3.18. The molecule has 5 nitrogen and oxygen atoms in total. The maximum absolute atomic E-state index is 6.55. The second-order valence-corrected chi connectivity index (χ2v) is 9.20. The molecular weight excluding hydrogens is 463 g/mol. The molecule has 0 aliphatic heterocycles. The second kappa shape index (κ2) is 9.91. The molecule has 164 valence electrons. The lowest BCUT2D eigenvalue weighted by molar-refractivity contribution is 0.421. The van der Waals surface area contributed by atoms with Crippen molar-refractivity contribution in [1.82, 2.24) is 19.9 Å². The first-order valence-corrected chi connectivity index (χ1v) is 12.1. The van der Waals surface area contributed by atoms with Gasteiger partial charge in [0.05, 0.1) is 26.2 Å². The Bertz CT molecular complexity index is 1310. The first-order valence-electron chi connectivity index (χ1n) is 10.5. The lowest BCUT2D eigenvalue weighted by atomic mass is 10.1. The average Bonchev–Trinajstić information content (AvgIpc) is 3.50. The summed E-state index contributed by atoms with van der Waals surface area (Å²) >= 11 is 14.3. The van der Waals surface area contributed by atoms with Crippen molar-refractivity contribution in [3.63, 3.8) is 0 Å². The molecule has 0 radical (unpaired) electrons. The van der Waals surface area contributed by atoms with Crippen LogP contribution in [-0.2, 0) is 6.42 Å². The van der Waals surface area contributed by atoms with Crippen LogP contribution in [0.15, 0.2) is 34.9 Å². The molecule has 0 atom stereocenters. The third-order valence-electron chi connectivity index (χ3n) is 4.95. The fourth-order valence-corrected chi connectivity index (χ4v) is 4.71. The summed E-state index contributed by atoms with van der Waals surface area (Å²) in [5, 5.41) is 9.92. The Hall–Kier alpha value is -2.59. The Morgan fingerprint density at radius 2 is 2.00 bits per heavy atom. The van der Waals surface area contributed by atoms with Crippen molar-refractivity contribution in [2.24, 2.45) is 0 Å². The molecule has 0 saturated heterocycles. The third-order valence-corrected chi connectivity index (χ3v) is 6.50. The maximum Gasteiger partial charge on any atom is 0.278 e. The van der Waals surface area contributed by atoms with Gasteiger partial charge in [0, 0.05) is 23.4 Å². The number of aryl methyl sites for hydroxylation is 1. The van der Waals surface area contributed by atoms with E-state index in [-0.39, 0.29) is 0 Å². The highest BCUT2D eigenvalue weighted by atomic mass is 35.5. The fourth-order valence-electron chi connectivity index (χ4n) is 3.26. The molecule has 3 heterocycles. The number of hydrogen-bond donors (Lipinski definition) is 0. The molecule has 0 aliphatic carbocycles. The van der Waals surface area contributed by atoms with Gasteiger partial charge in [0.1, 0.15) is 0 Å². The number of aromatic nitrogens is 4. The van der Waals surface area contributed by atoms with Gasteiger partial charge in [-0.15, -0.1) is 11.3 Å². The number of unbranched alkanes of at least 4 members (excludes halogenated alkanes) is 2. The topological polar surface area (TPSA) is 56.7 Å². The van der Waals surface area contributed by atoms with Crippen molar-refractivity contribution in [1.29, 1.82) is 0 Å². The van der Waals surface area contributed by atoms with Gasteiger partial charge < -0.3 is 4.52 Å². The van der Waals surface area contributed by atoms with Gasteiger partial charge in [0.25, 0.3) is 5.89 Å². The van der Waals surface area contributed by atoms with Crippen molar-refractivity contribution < 1.29 is 4.52 Å². The normalized spacial score (nSPS) is 10.9.